The first kappa shape index (κ1) is 26.6. The van der Waals surface area contributed by atoms with Crippen molar-refractivity contribution in [3.05, 3.63) is 53.3 Å². The SMILES string of the molecule is CS(=O)(=O)c1ccc(OCC(F)(F)F)c(C(=O)N2CCN(c3ccc(C(F)(F)F)c(F)c3)CC2)c1. The molecule has 2 aromatic rings. The first-order valence-electron chi connectivity index (χ1n) is 10.0. The third-order valence-corrected chi connectivity index (χ3v) is 6.30. The van der Waals surface area contributed by atoms with E-state index in [4.69, 9.17) is 4.74 Å². The molecule has 1 aliphatic rings. The van der Waals surface area contributed by atoms with E-state index in [9.17, 15) is 43.9 Å². The maximum atomic E-state index is 13.9. The molecule has 0 bridgehead atoms. The Morgan fingerprint density at radius 2 is 1.60 bits per heavy atom. The highest BCUT2D eigenvalue weighted by Crippen LogP contribution is 2.33. The van der Waals surface area contributed by atoms with E-state index in [0.29, 0.717) is 6.07 Å². The Morgan fingerprint density at radius 1 is 0.971 bits per heavy atom. The zero-order valence-electron chi connectivity index (χ0n) is 18.1. The van der Waals surface area contributed by atoms with Crippen molar-refractivity contribution in [3.63, 3.8) is 0 Å². The number of nitrogens with zero attached hydrogens (tertiary/aromatic N) is 2. The van der Waals surface area contributed by atoms with Gasteiger partial charge in [-0.3, -0.25) is 4.79 Å². The van der Waals surface area contributed by atoms with Gasteiger partial charge in [-0.15, -0.1) is 0 Å². The lowest BCUT2D eigenvalue weighted by Crippen LogP contribution is -2.49. The van der Waals surface area contributed by atoms with Crippen molar-refractivity contribution in [3.8, 4) is 5.75 Å². The van der Waals surface area contributed by atoms with Crippen LogP contribution in [0.4, 0.5) is 36.4 Å². The number of ether oxygens (including phenoxy) is 1. The second kappa shape index (κ2) is 9.55. The van der Waals surface area contributed by atoms with Crippen molar-refractivity contribution in [1.82, 2.24) is 4.90 Å². The molecule has 0 saturated carbocycles. The van der Waals surface area contributed by atoms with Crippen LogP contribution in [0.5, 0.6) is 5.75 Å². The lowest BCUT2D eigenvalue weighted by atomic mass is 10.1. The fraction of sp³-hybridized carbons (Fsp3) is 0.381. The Labute approximate surface area is 195 Å². The average molecular weight is 528 g/mol. The normalized spacial score (nSPS) is 15.3. The van der Waals surface area contributed by atoms with Crippen LogP contribution >= 0.6 is 0 Å². The summed E-state index contributed by atoms with van der Waals surface area (Å²) >= 11 is 0. The van der Waals surface area contributed by atoms with E-state index >= 15 is 0 Å². The van der Waals surface area contributed by atoms with Crippen LogP contribution in [-0.4, -0.2) is 64.4 Å². The van der Waals surface area contributed by atoms with Gasteiger partial charge >= 0.3 is 12.4 Å². The minimum atomic E-state index is -4.85. The van der Waals surface area contributed by atoms with Gasteiger partial charge in [0.15, 0.2) is 16.4 Å². The number of benzene rings is 2. The monoisotopic (exact) mass is 528 g/mol. The van der Waals surface area contributed by atoms with Gasteiger partial charge in [-0.25, -0.2) is 12.8 Å². The van der Waals surface area contributed by atoms with E-state index in [1.165, 1.54) is 4.90 Å². The largest absolute Gasteiger partial charge is 0.483 e. The van der Waals surface area contributed by atoms with Crippen molar-refractivity contribution >= 4 is 21.4 Å². The van der Waals surface area contributed by atoms with Crippen molar-refractivity contribution in [2.45, 2.75) is 17.2 Å². The van der Waals surface area contributed by atoms with Gasteiger partial charge in [-0.1, -0.05) is 0 Å². The Bertz CT molecular complexity index is 1210. The molecule has 0 N–H and O–H groups in total. The summed E-state index contributed by atoms with van der Waals surface area (Å²) in [5.41, 5.74) is -1.63. The van der Waals surface area contributed by atoms with Crippen LogP contribution < -0.4 is 9.64 Å². The lowest BCUT2D eigenvalue weighted by Gasteiger charge is -2.36. The fourth-order valence-corrected chi connectivity index (χ4v) is 4.11. The number of anilines is 1. The number of piperazine rings is 1. The van der Waals surface area contributed by atoms with E-state index in [1.54, 1.807) is 4.90 Å². The second-order valence-corrected chi connectivity index (χ2v) is 9.79. The molecule has 0 spiro atoms. The molecule has 192 valence electrons. The van der Waals surface area contributed by atoms with Crippen LogP contribution in [0, 0.1) is 5.82 Å². The standard InChI is InChI=1S/C21H19F7N2O4S/c1-35(32,33)14-3-5-18(34-12-20(23,24)25)15(11-14)19(31)30-8-6-29(7-9-30)13-2-4-16(17(22)10-13)21(26,27)28/h2-5,10-11H,6-9,12H2,1H3. The molecule has 2 aromatic carbocycles. The molecule has 1 amide bonds. The Kier molecular flexibility index (Phi) is 7.25. The van der Waals surface area contributed by atoms with Crippen LogP contribution in [0.3, 0.4) is 0 Å². The number of sulfone groups is 1. The zero-order chi connectivity index (χ0) is 26.2. The summed E-state index contributed by atoms with van der Waals surface area (Å²) in [6.45, 7) is -1.55. The average Bonchev–Trinajstić information content (AvgIpc) is 2.75. The van der Waals surface area contributed by atoms with E-state index in [0.717, 1.165) is 36.6 Å². The summed E-state index contributed by atoms with van der Waals surface area (Å²) in [6.07, 6.45) is -8.67. The van der Waals surface area contributed by atoms with Crippen LogP contribution in [-0.2, 0) is 16.0 Å². The number of carbonyl (C=O) groups is 1. The van der Waals surface area contributed by atoms with E-state index in [2.05, 4.69) is 0 Å². The Morgan fingerprint density at radius 3 is 2.11 bits per heavy atom. The van der Waals surface area contributed by atoms with Crippen molar-refractivity contribution in [1.29, 1.82) is 0 Å². The molecule has 14 heteroatoms. The number of amides is 1. The molecular weight excluding hydrogens is 509 g/mol. The molecule has 6 nitrogen and oxygen atoms in total. The Balaban J connectivity index is 1.79. The van der Waals surface area contributed by atoms with Crippen LogP contribution in [0.15, 0.2) is 41.3 Å². The zero-order valence-corrected chi connectivity index (χ0v) is 18.9. The van der Waals surface area contributed by atoms with Gasteiger partial charge in [-0.05, 0) is 36.4 Å². The number of halogens is 7. The maximum absolute atomic E-state index is 13.9. The molecule has 1 heterocycles. The molecule has 0 aromatic heterocycles. The fourth-order valence-electron chi connectivity index (χ4n) is 3.46. The first-order valence-corrected chi connectivity index (χ1v) is 11.9. The van der Waals surface area contributed by atoms with Gasteiger partial charge in [0.05, 0.1) is 16.0 Å². The first-order chi connectivity index (χ1) is 16.1. The molecule has 0 unspecified atom stereocenters. The molecular formula is C21H19F7N2O4S. The van der Waals surface area contributed by atoms with E-state index in [-0.39, 0.29) is 42.3 Å². The third kappa shape index (κ3) is 6.55. The summed E-state index contributed by atoms with van der Waals surface area (Å²) in [7, 11) is -3.78. The smallest absolute Gasteiger partial charge is 0.422 e. The van der Waals surface area contributed by atoms with Gasteiger partial charge < -0.3 is 14.5 Å². The van der Waals surface area contributed by atoms with E-state index < -0.39 is 51.8 Å². The predicted molar refractivity (Wildman–Crippen MR) is 111 cm³/mol. The van der Waals surface area contributed by atoms with Gasteiger partial charge in [-0.2, -0.15) is 26.3 Å². The minimum absolute atomic E-state index is 0.0106. The molecule has 0 atom stereocenters. The lowest BCUT2D eigenvalue weighted by molar-refractivity contribution is -0.153. The highest BCUT2D eigenvalue weighted by atomic mass is 32.2. The van der Waals surface area contributed by atoms with Crippen LogP contribution in [0.25, 0.3) is 0 Å². The maximum Gasteiger partial charge on any atom is 0.422 e. The van der Waals surface area contributed by atoms with Crippen LogP contribution in [0.1, 0.15) is 15.9 Å². The topological polar surface area (TPSA) is 66.9 Å². The predicted octanol–water partition coefficient (Wildman–Crippen LogP) is 4.15. The third-order valence-electron chi connectivity index (χ3n) is 5.19. The summed E-state index contributed by atoms with van der Waals surface area (Å²) in [5.74, 6) is -2.68. The Hall–Kier alpha value is -3.03. The minimum Gasteiger partial charge on any atom is -0.483 e. The molecule has 0 radical (unpaired) electrons. The molecule has 0 aliphatic carbocycles. The number of rotatable bonds is 5. The van der Waals surface area contributed by atoms with Gasteiger partial charge in [0.2, 0.25) is 0 Å². The quantitative estimate of drug-likeness (QED) is 0.546. The van der Waals surface area contributed by atoms with Gasteiger partial charge in [0.1, 0.15) is 11.6 Å². The summed E-state index contributed by atoms with van der Waals surface area (Å²) in [6, 6.07) is 5.37. The molecule has 35 heavy (non-hydrogen) atoms. The van der Waals surface area contributed by atoms with Crippen LogP contribution in [0.2, 0.25) is 0 Å². The van der Waals surface area contributed by atoms with Crippen molar-refractivity contribution < 1.29 is 48.7 Å². The molecule has 1 saturated heterocycles. The van der Waals surface area contributed by atoms with Crippen molar-refractivity contribution in [2.75, 3.05) is 43.9 Å². The van der Waals surface area contributed by atoms with Gasteiger partial charge in [0, 0.05) is 38.1 Å². The second-order valence-electron chi connectivity index (χ2n) is 7.78. The number of carbonyl (C=O) groups excluding carboxylic acids is 1. The number of hydrogen-bond donors (Lipinski definition) is 0. The molecule has 1 aliphatic heterocycles. The number of hydrogen-bond acceptors (Lipinski definition) is 5. The van der Waals surface area contributed by atoms with Crippen molar-refractivity contribution in [2.24, 2.45) is 0 Å². The van der Waals surface area contributed by atoms with Gasteiger partial charge in [0.25, 0.3) is 5.91 Å². The summed E-state index contributed by atoms with van der Waals surface area (Å²) < 4.78 is 119. The number of alkyl halides is 6. The summed E-state index contributed by atoms with van der Waals surface area (Å²) in [4.78, 5) is 15.5. The highest BCUT2D eigenvalue weighted by molar-refractivity contribution is 7.90. The molecule has 1 fully saturated rings. The van der Waals surface area contributed by atoms with E-state index in [1.807, 2.05) is 0 Å². The highest BCUT2D eigenvalue weighted by Gasteiger charge is 2.35. The summed E-state index contributed by atoms with van der Waals surface area (Å²) in [5, 5.41) is 0. The molecule has 3 rings (SSSR count).